The van der Waals surface area contributed by atoms with Gasteiger partial charge in [0.25, 0.3) is 0 Å². The molecule has 0 saturated carbocycles. The molecule has 0 aliphatic carbocycles. The van der Waals surface area contributed by atoms with Crippen LogP contribution >= 0.6 is 23.4 Å². The number of rotatable bonds is 8. The van der Waals surface area contributed by atoms with Gasteiger partial charge in [-0.05, 0) is 54.8 Å². The molecule has 0 aliphatic rings. The van der Waals surface area contributed by atoms with Crippen LogP contribution < -0.4 is 0 Å². The summed E-state index contributed by atoms with van der Waals surface area (Å²) in [6, 6.07) is 13.5. The molecule has 0 N–H and O–H groups in total. The first-order valence-corrected chi connectivity index (χ1v) is 12.2. The number of carbonyl (C=O) groups is 1. The molecule has 0 saturated heterocycles. The monoisotopic (exact) mass is 480 g/mol. The van der Waals surface area contributed by atoms with E-state index in [1.165, 1.54) is 35.8 Å². The second-order valence-corrected chi connectivity index (χ2v) is 10.1. The van der Waals surface area contributed by atoms with Gasteiger partial charge in [-0.3, -0.25) is 4.79 Å². The lowest BCUT2D eigenvalue weighted by Gasteiger charge is -2.21. The summed E-state index contributed by atoms with van der Waals surface area (Å²) in [5, 5.41) is 4.50. The van der Waals surface area contributed by atoms with Gasteiger partial charge in [0.2, 0.25) is 27.6 Å². The van der Waals surface area contributed by atoms with Gasteiger partial charge in [0.1, 0.15) is 0 Å². The lowest BCUT2D eigenvalue weighted by Crippen LogP contribution is -2.39. The van der Waals surface area contributed by atoms with Crippen molar-refractivity contribution in [2.75, 3.05) is 26.9 Å². The quantitative estimate of drug-likeness (QED) is 0.456. The smallest absolute Gasteiger partial charge is 0.246 e. The van der Waals surface area contributed by atoms with E-state index in [0.29, 0.717) is 10.8 Å². The van der Waals surface area contributed by atoms with Gasteiger partial charge in [-0.25, -0.2) is 8.42 Å². The lowest BCUT2D eigenvalue weighted by molar-refractivity contribution is -0.130. The molecule has 1 aromatic heterocycles. The molecule has 1 amide bonds. The number of aromatic nitrogens is 2. The molecule has 0 radical (unpaired) electrons. The van der Waals surface area contributed by atoms with Gasteiger partial charge in [-0.15, -0.1) is 11.8 Å². The van der Waals surface area contributed by atoms with E-state index in [-0.39, 0.29) is 23.9 Å². The van der Waals surface area contributed by atoms with Crippen LogP contribution in [0.15, 0.2) is 62.8 Å². The number of benzene rings is 2. The molecule has 0 aliphatic heterocycles. The van der Waals surface area contributed by atoms with Gasteiger partial charge in [0.15, 0.2) is 0 Å². The number of carbonyl (C=O) groups excluding carboxylic acids is 1. The predicted octanol–water partition coefficient (Wildman–Crippen LogP) is 3.39. The molecule has 31 heavy (non-hydrogen) atoms. The summed E-state index contributed by atoms with van der Waals surface area (Å²) < 4.78 is 31.7. The summed E-state index contributed by atoms with van der Waals surface area (Å²) >= 11 is 7.40. The van der Waals surface area contributed by atoms with E-state index in [4.69, 9.17) is 16.1 Å². The normalized spacial score (nSPS) is 11.6. The van der Waals surface area contributed by atoms with Crippen LogP contribution in [0, 0.1) is 0 Å². The maximum Gasteiger partial charge on any atom is 0.246 e. The first kappa shape index (κ1) is 23.3. The zero-order chi connectivity index (χ0) is 22.6. The number of hydrogen-bond acceptors (Lipinski definition) is 7. The van der Waals surface area contributed by atoms with Crippen molar-refractivity contribution in [3.63, 3.8) is 0 Å². The fourth-order valence-electron chi connectivity index (χ4n) is 2.65. The van der Waals surface area contributed by atoms with Gasteiger partial charge < -0.3 is 9.42 Å². The highest BCUT2D eigenvalue weighted by Gasteiger charge is 2.25. The van der Waals surface area contributed by atoms with Crippen molar-refractivity contribution in [2.24, 2.45) is 0 Å². The van der Waals surface area contributed by atoms with Crippen LogP contribution in [0.1, 0.15) is 5.89 Å². The van der Waals surface area contributed by atoms with E-state index >= 15 is 0 Å². The van der Waals surface area contributed by atoms with Crippen LogP contribution in [0.2, 0.25) is 5.02 Å². The first-order chi connectivity index (χ1) is 14.7. The van der Waals surface area contributed by atoms with Gasteiger partial charge in [0.05, 0.1) is 18.0 Å². The van der Waals surface area contributed by atoms with Crippen molar-refractivity contribution >= 4 is 39.3 Å². The van der Waals surface area contributed by atoms with Crippen molar-refractivity contribution in [1.82, 2.24) is 19.3 Å². The largest absolute Gasteiger partial charge is 0.337 e. The molecule has 3 rings (SSSR count). The van der Waals surface area contributed by atoms with E-state index in [1.807, 2.05) is 6.26 Å². The molecule has 0 atom stereocenters. The van der Waals surface area contributed by atoms with Crippen molar-refractivity contribution in [3.8, 4) is 11.4 Å². The fraction of sp³-hybridized carbons (Fsp3) is 0.250. The average molecular weight is 481 g/mol. The van der Waals surface area contributed by atoms with Crippen molar-refractivity contribution in [1.29, 1.82) is 0 Å². The Kier molecular flexibility index (Phi) is 7.37. The standard InChI is InChI=1S/C20H21ClN4O4S2/c1-24(12-18-22-20(23-29-18)14-4-6-15(21)7-5-14)19(26)13-25(2)31(27,28)17-10-8-16(30-3)9-11-17/h4-11H,12-13H2,1-3H3. The van der Waals surface area contributed by atoms with Crippen molar-refractivity contribution < 1.29 is 17.7 Å². The SMILES string of the molecule is CSc1ccc(S(=O)(=O)N(C)CC(=O)N(C)Cc2nc(-c3ccc(Cl)cc3)no2)cc1. The Labute approximate surface area is 190 Å². The number of amides is 1. The number of thioether (sulfide) groups is 1. The average Bonchev–Trinajstić information content (AvgIpc) is 3.22. The Bertz CT molecular complexity index is 1150. The number of likely N-dealkylation sites (N-methyl/N-ethyl adjacent to an activating group) is 2. The molecule has 1 heterocycles. The van der Waals surface area contributed by atoms with Gasteiger partial charge in [-0.2, -0.15) is 9.29 Å². The van der Waals surface area contributed by atoms with Crippen LogP contribution in [-0.2, 0) is 21.4 Å². The van der Waals surface area contributed by atoms with E-state index in [0.717, 1.165) is 14.8 Å². The minimum Gasteiger partial charge on any atom is -0.337 e. The van der Waals surface area contributed by atoms with Crippen LogP contribution in [0.4, 0.5) is 0 Å². The Balaban J connectivity index is 1.62. The summed E-state index contributed by atoms with van der Waals surface area (Å²) in [6.45, 7) is -0.267. The van der Waals surface area contributed by atoms with Crippen molar-refractivity contribution in [3.05, 3.63) is 59.4 Å². The maximum atomic E-state index is 12.7. The van der Waals surface area contributed by atoms with E-state index in [9.17, 15) is 13.2 Å². The van der Waals surface area contributed by atoms with E-state index < -0.39 is 15.9 Å². The van der Waals surface area contributed by atoms with E-state index in [2.05, 4.69) is 10.1 Å². The number of halogens is 1. The van der Waals surface area contributed by atoms with Crippen LogP contribution in [0.5, 0.6) is 0 Å². The number of nitrogens with zero attached hydrogens (tertiary/aromatic N) is 4. The third-order valence-corrected chi connectivity index (χ3v) is 7.31. The molecule has 11 heteroatoms. The Morgan fingerprint density at radius 3 is 2.35 bits per heavy atom. The van der Waals surface area contributed by atoms with Crippen molar-refractivity contribution in [2.45, 2.75) is 16.3 Å². The zero-order valence-electron chi connectivity index (χ0n) is 17.1. The Morgan fingerprint density at radius 2 is 1.74 bits per heavy atom. The molecular weight excluding hydrogens is 460 g/mol. The highest BCUT2D eigenvalue weighted by molar-refractivity contribution is 7.98. The summed E-state index contributed by atoms with van der Waals surface area (Å²) in [5.74, 6) is 0.206. The predicted molar refractivity (Wildman–Crippen MR) is 119 cm³/mol. The van der Waals surface area contributed by atoms with Crippen LogP contribution in [0.3, 0.4) is 0 Å². The molecule has 0 fully saturated rings. The first-order valence-electron chi connectivity index (χ1n) is 9.13. The van der Waals surface area contributed by atoms with Gasteiger partial charge >= 0.3 is 0 Å². The summed E-state index contributed by atoms with van der Waals surface area (Å²) in [5.41, 5.74) is 0.728. The lowest BCUT2D eigenvalue weighted by atomic mass is 10.2. The third-order valence-electron chi connectivity index (χ3n) is 4.49. The third kappa shape index (κ3) is 5.65. The highest BCUT2D eigenvalue weighted by Crippen LogP contribution is 2.21. The zero-order valence-corrected chi connectivity index (χ0v) is 19.5. The molecule has 0 unspecified atom stereocenters. The molecule has 3 aromatic rings. The second-order valence-electron chi connectivity index (χ2n) is 6.71. The van der Waals surface area contributed by atoms with Crippen LogP contribution in [0.25, 0.3) is 11.4 Å². The van der Waals surface area contributed by atoms with Crippen LogP contribution in [-0.4, -0.2) is 60.6 Å². The highest BCUT2D eigenvalue weighted by atomic mass is 35.5. The minimum atomic E-state index is -3.79. The Morgan fingerprint density at radius 1 is 1.10 bits per heavy atom. The topological polar surface area (TPSA) is 96.6 Å². The van der Waals surface area contributed by atoms with Gasteiger partial charge in [-0.1, -0.05) is 16.8 Å². The van der Waals surface area contributed by atoms with E-state index in [1.54, 1.807) is 43.4 Å². The molecule has 2 aromatic carbocycles. The molecular formula is C20H21ClN4O4S2. The molecule has 0 bridgehead atoms. The number of hydrogen-bond donors (Lipinski definition) is 0. The van der Waals surface area contributed by atoms with Gasteiger partial charge in [0, 0.05) is 29.6 Å². The summed E-state index contributed by atoms with van der Waals surface area (Å²) in [6.07, 6.45) is 1.91. The molecule has 164 valence electrons. The summed E-state index contributed by atoms with van der Waals surface area (Å²) in [7, 11) is -0.873. The summed E-state index contributed by atoms with van der Waals surface area (Å²) in [4.78, 5) is 19.3. The minimum absolute atomic E-state index is 0.0513. The fourth-order valence-corrected chi connectivity index (χ4v) is 4.30. The maximum absolute atomic E-state index is 12.7. The number of sulfonamides is 1. The Hall–Kier alpha value is -2.40. The molecule has 0 spiro atoms. The second kappa shape index (κ2) is 9.82. The molecule has 8 nitrogen and oxygen atoms in total.